The van der Waals surface area contributed by atoms with Gasteiger partial charge in [-0.05, 0) is 48.1 Å². The summed E-state index contributed by atoms with van der Waals surface area (Å²) in [6.45, 7) is 0.292. The highest BCUT2D eigenvalue weighted by Crippen LogP contribution is 2.19. The Hall–Kier alpha value is -3.57. The van der Waals surface area contributed by atoms with E-state index in [1.54, 1.807) is 7.11 Å². The number of thiocarbonyl (C=S) groups is 1. The number of nitriles is 1. The van der Waals surface area contributed by atoms with Gasteiger partial charge in [0, 0.05) is 35.8 Å². The van der Waals surface area contributed by atoms with Gasteiger partial charge < -0.3 is 25.7 Å². The van der Waals surface area contributed by atoms with E-state index < -0.39 is 6.04 Å². The number of nitrogens with one attached hydrogen (secondary N) is 4. The summed E-state index contributed by atoms with van der Waals surface area (Å²) in [5, 5.41) is 19.1. The van der Waals surface area contributed by atoms with Crippen LogP contribution in [0.2, 0.25) is 0 Å². The lowest BCUT2D eigenvalue weighted by atomic mass is 10.0. The van der Waals surface area contributed by atoms with Gasteiger partial charge in [0.25, 0.3) is 0 Å². The lowest BCUT2D eigenvalue weighted by Gasteiger charge is -2.20. The smallest absolute Gasteiger partial charge is 0.242 e. The maximum Gasteiger partial charge on any atom is 0.242 e. The first-order valence-corrected chi connectivity index (χ1v) is 9.92. The van der Waals surface area contributed by atoms with Crippen LogP contribution >= 0.6 is 12.2 Å². The fraction of sp³-hybridized carbons (Fsp3) is 0.227. The number of hydrogen-bond donors (Lipinski definition) is 4. The molecule has 0 aliphatic rings. The number of carbonyl (C=O) groups is 1. The van der Waals surface area contributed by atoms with E-state index in [2.05, 4.69) is 20.9 Å². The van der Waals surface area contributed by atoms with Gasteiger partial charge >= 0.3 is 0 Å². The molecule has 0 radical (unpaired) electrons. The van der Waals surface area contributed by atoms with Crippen molar-refractivity contribution in [1.82, 2.24) is 15.6 Å². The Balaban J connectivity index is 1.72. The van der Waals surface area contributed by atoms with Crippen molar-refractivity contribution in [2.45, 2.75) is 18.9 Å². The molecule has 8 heteroatoms. The van der Waals surface area contributed by atoms with Crippen LogP contribution in [0.4, 0.5) is 5.69 Å². The molecule has 0 fully saturated rings. The number of nitrogens with zero attached hydrogens (tertiary/aromatic N) is 1. The lowest BCUT2D eigenvalue weighted by molar-refractivity contribution is -0.122. The third-order valence-electron chi connectivity index (χ3n) is 4.60. The molecule has 1 heterocycles. The molecule has 4 N–H and O–H groups in total. The van der Waals surface area contributed by atoms with Gasteiger partial charge in [-0.15, -0.1) is 0 Å². The van der Waals surface area contributed by atoms with E-state index in [1.807, 2.05) is 60.8 Å². The number of H-pyrrole nitrogens is 1. The second-order valence-electron chi connectivity index (χ2n) is 6.64. The highest BCUT2D eigenvalue weighted by molar-refractivity contribution is 7.80. The van der Waals surface area contributed by atoms with Crippen LogP contribution in [0.15, 0.2) is 54.7 Å². The largest absolute Gasteiger partial charge is 0.497 e. The summed E-state index contributed by atoms with van der Waals surface area (Å²) in [7, 11) is 1.61. The van der Waals surface area contributed by atoms with Crippen LogP contribution in [-0.2, 0) is 11.2 Å². The summed E-state index contributed by atoms with van der Waals surface area (Å²) in [4.78, 5) is 16.0. The molecular weight excluding hydrogens is 398 g/mol. The molecule has 1 unspecified atom stereocenters. The van der Waals surface area contributed by atoms with Gasteiger partial charge in [0.05, 0.1) is 19.6 Å². The predicted molar refractivity (Wildman–Crippen MR) is 121 cm³/mol. The van der Waals surface area contributed by atoms with Crippen LogP contribution in [0.1, 0.15) is 12.0 Å². The molecule has 2 aromatic carbocycles. The highest BCUT2D eigenvalue weighted by atomic mass is 32.1. The van der Waals surface area contributed by atoms with Crippen molar-refractivity contribution in [1.29, 1.82) is 5.26 Å². The number of aromatic nitrogens is 1. The summed E-state index contributed by atoms with van der Waals surface area (Å²) in [5.41, 5.74) is 2.80. The molecule has 0 saturated heterocycles. The molecule has 3 rings (SSSR count). The molecule has 0 spiro atoms. The van der Waals surface area contributed by atoms with Crippen LogP contribution < -0.4 is 20.7 Å². The maximum atomic E-state index is 12.8. The zero-order valence-electron chi connectivity index (χ0n) is 16.6. The van der Waals surface area contributed by atoms with E-state index in [0.29, 0.717) is 18.1 Å². The van der Waals surface area contributed by atoms with Crippen molar-refractivity contribution < 1.29 is 9.53 Å². The molecule has 1 atom stereocenters. The number of amides is 1. The van der Waals surface area contributed by atoms with Crippen LogP contribution in [0, 0.1) is 11.3 Å². The SMILES string of the molecule is COc1ccc(NC(=S)NC(Cc2c[nH]c3ccccc23)C(=O)NCCC#N)cc1. The fourth-order valence-corrected chi connectivity index (χ4v) is 3.35. The number of anilines is 1. The van der Waals surface area contributed by atoms with Crippen molar-refractivity contribution in [3.8, 4) is 11.8 Å². The lowest BCUT2D eigenvalue weighted by Crippen LogP contribution is -2.49. The minimum Gasteiger partial charge on any atom is -0.497 e. The monoisotopic (exact) mass is 421 g/mol. The Labute approximate surface area is 180 Å². The van der Waals surface area contributed by atoms with Gasteiger partial charge in [-0.3, -0.25) is 4.79 Å². The molecule has 7 nitrogen and oxygen atoms in total. The van der Waals surface area contributed by atoms with Crippen molar-refractivity contribution in [3.63, 3.8) is 0 Å². The number of carbonyl (C=O) groups excluding carboxylic acids is 1. The molecule has 0 saturated carbocycles. The van der Waals surface area contributed by atoms with E-state index in [4.69, 9.17) is 22.2 Å². The summed E-state index contributed by atoms with van der Waals surface area (Å²) < 4.78 is 5.16. The van der Waals surface area contributed by atoms with Crippen LogP contribution in [0.3, 0.4) is 0 Å². The molecule has 0 aliphatic heterocycles. The van der Waals surface area contributed by atoms with Gasteiger partial charge in [-0.2, -0.15) is 5.26 Å². The summed E-state index contributed by atoms with van der Waals surface area (Å²) in [6.07, 6.45) is 2.59. The van der Waals surface area contributed by atoms with Crippen LogP contribution in [0.5, 0.6) is 5.75 Å². The summed E-state index contributed by atoms with van der Waals surface area (Å²) in [6, 6.07) is 16.7. The molecule has 0 bridgehead atoms. The Morgan fingerprint density at radius 2 is 2.00 bits per heavy atom. The Bertz CT molecular complexity index is 1060. The predicted octanol–water partition coefficient (Wildman–Crippen LogP) is 3.10. The van der Waals surface area contributed by atoms with Crippen LogP contribution in [0.25, 0.3) is 10.9 Å². The van der Waals surface area contributed by atoms with Crippen molar-refractivity contribution in [2.24, 2.45) is 0 Å². The van der Waals surface area contributed by atoms with Crippen LogP contribution in [-0.4, -0.2) is 35.7 Å². The third kappa shape index (κ3) is 5.49. The number of hydrogen-bond acceptors (Lipinski definition) is 4. The Morgan fingerprint density at radius 3 is 2.73 bits per heavy atom. The van der Waals surface area contributed by atoms with Crippen molar-refractivity contribution >= 4 is 39.8 Å². The zero-order valence-corrected chi connectivity index (χ0v) is 17.4. The maximum absolute atomic E-state index is 12.8. The standard InChI is InChI=1S/C22H23N5O2S/c1-29-17-9-7-16(8-10-17)26-22(30)27-20(21(28)24-12-4-11-23)13-15-14-25-19-6-3-2-5-18(15)19/h2-3,5-10,14,20,25H,4,12-13H2,1H3,(H,24,28)(H2,26,27,30). The van der Waals surface area contributed by atoms with Gasteiger partial charge in [0.15, 0.2) is 5.11 Å². The van der Waals surface area contributed by atoms with Crippen molar-refractivity contribution in [2.75, 3.05) is 19.0 Å². The zero-order chi connectivity index (χ0) is 21.3. The Morgan fingerprint density at radius 1 is 1.23 bits per heavy atom. The molecule has 1 aromatic heterocycles. The van der Waals surface area contributed by atoms with Gasteiger partial charge in [0.2, 0.25) is 5.91 Å². The third-order valence-corrected chi connectivity index (χ3v) is 4.82. The molecule has 3 aromatic rings. The number of benzene rings is 2. The van der Waals surface area contributed by atoms with E-state index in [-0.39, 0.29) is 12.3 Å². The number of methoxy groups -OCH3 is 1. The van der Waals surface area contributed by atoms with Gasteiger partial charge in [-0.25, -0.2) is 0 Å². The average Bonchev–Trinajstić information content (AvgIpc) is 3.17. The number of ether oxygens (including phenoxy) is 1. The first-order valence-electron chi connectivity index (χ1n) is 9.52. The topological polar surface area (TPSA) is 102 Å². The molecule has 0 aliphatic carbocycles. The quantitative estimate of drug-likeness (QED) is 0.329. The minimum atomic E-state index is -0.596. The summed E-state index contributed by atoms with van der Waals surface area (Å²) in [5.74, 6) is 0.530. The fourth-order valence-electron chi connectivity index (χ4n) is 3.09. The highest BCUT2D eigenvalue weighted by Gasteiger charge is 2.21. The normalized spacial score (nSPS) is 11.3. The van der Waals surface area contributed by atoms with E-state index >= 15 is 0 Å². The first-order chi connectivity index (χ1) is 14.6. The van der Waals surface area contributed by atoms with E-state index in [0.717, 1.165) is 27.9 Å². The van der Waals surface area contributed by atoms with E-state index in [1.165, 1.54) is 0 Å². The average molecular weight is 422 g/mol. The molecule has 1 amide bonds. The Kier molecular flexibility index (Phi) is 7.24. The van der Waals surface area contributed by atoms with Crippen molar-refractivity contribution in [3.05, 3.63) is 60.3 Å². The number of fused-ring (bicyclic) bond motifs is 1. The number of rotatable bonds is 8. The molecule has 154 valence electrons. The number of para-hydroxylation sites is 1. The second kappa shape index (κ2) is 10.3. The van der Waals surface area contributed by atoms with Gasteiger partial charge in [0.1, 0.15) is 11.8 Å². The number of aromatic amines is 1. The van der Waals surface area contributed by atoms with Gasteiger partial charge in [-0.1, -0.05) is 18.2 Å². The molecular formula is C22H23N5O2S. The van der Waals surface area contributed by atoms with E-state index in [9.17, 15) is 4.79 Å². The summed E-state index contributed by atoms with van der Waals surface area (Å²) >= 11 is 5.43. The second-order valence-corrected chi connectivity index (χ2v) is 7.05. The minimum absolute atomic E-state index is 0.214. The first kappa shape index (κ1) is 21.1. The molecule has 30 heavy (non-hydrogen) atoms.